The van der Waals surface area contributed by atoms with Crippen LogP contribution >= 0.6 is 11.3 Å². The lowest BCUT2D eigenvalue weighted by Crippen LogP contribution is -2.36. The minimum atomic E-state index is -0.534. The van der Waals surface area contributed by atoms with E-state index in [4.69, 9.17) is 0 Å². The minimum absolute atomic E-state index is 0.534. The highest BCUT2D eigenvalue weighted by Crippen LogP contribution is 2.11. The van der Waals surface area contributed by atoms with Gasteiger partial charge in [-0.3, -0.25) is 4.21 Å². The average molecular weight is 243 g/mol. The van der Waals surface area contributed by atoms with E-state index >= 15 is 0 Å². The summed E-state index contributed by atoms with van der Waals surface area (Å²) in [5.41, 5.74) is 0. The van der Waals surface area contributed by atoms with Crippen LogP contribution in [0.1, 0.15) is 17.7 Å². The Morgan fingerprint density at radius 1 is 1.47 bits per heavy atom. The molecule has 0 saturated carbocycles. The van der Waals surface area contributed by atoms with E-state index in [0.29, 0.717) is 6.04 Å². The molecule has 0 amide bonds. The van der Waals surface area contributed by atoms with E-state index < -0.39 is 10.8 Å². The number of rotatable bonds is 4. The van der Waals surface area contributed by atoms with E-state index in [-0.39, 0.29) is 0 Å². The molecule has 1 aliphatic rings. The zero-order valence-corrected chi connectivity index (χ0v) is 10.4. The van der Waals surface area contributed by atoms with E-state index in [1.54, 1.807) is 0 Å². The second-order valence-electron chi connectivity index (χ2n) is 3.91. The summed E-state index contributed by atoms with van der Waals surface area (Å²) < 4.78 is 11.2. The Kier molecular flexibility index (Phi) is 4.35. The van der Waals surface area contributed by atoms with E-state index in [2.05, 4.69) is 22.8 Å². The van der Waals surface area contributed by atoms with Crippen LogP contribution < -0.4 is 5.32 Å². The van der Waals surface area contributed by atoms with Crippen LogP contribution in [0.15, 0.2) is 17.5 Å². The zero-order valence-electron chi connectivity index (χ0n) is 8.78. The molecule has 84 valence electrons. The molecular weight excluding hydrogens is 226 g/mol. The molecule has 0 bridgehead atoms. The molecule has 0 atom stereocenters. The largest absolute Gasteiger partial charge is 0.314 e. The van der Waals surface area contributed by atoms with E-state index in [1.165, 1.54) is 4.88 Å². The molecule has 1 saturated heterocycles. The van der Waals surface area contributed by atoms with Gasteiger partial charge in [0.25, 0.3) is 0 Å². The molecule has 0 aliphatic carbocycles. The fourth-order valence-electron chi connectivity index (χ4n) is 1.85. The van der Waals surface area contributed by atoms with Crippen molar-refractivity contribution < 1.29 is 4.21 Å². The van der Waals surface area contributed by atoms with Gasteiger partial charge in [0.05, 0.1) is 0 Å². The van der Waals surface area contributed by atoms with Gasteiger partial charge in [-0.2, -0.15) is 0 Å². The van der Waals surface area contributed by atoms with Gasteiger partial charge in [-0.15, -0.1) is 11.3 Å². The van der Waals surface area contributed by atoms with Gasteiger partial charge in [-0.05, 0) is 30.7 Å². The molecule has 15 heavy (non-hydrogen) atoms. The van der Waals surface area contributed by atoms with Crippen molar-refractivity contribution in [3.63, 3.8) is 0 Å². The molecule has 0 spiro atoms. The van der Waals surface area contributed by atoms with Crippen LogP contribution in [0.25, 0.3) is 0 Å². The van der Waals surface area contributed by atoms with Gasteiger partial charge in [0.1, 0.15) is 0 Å². The SMILES string of the molecule is O=S1CCC(NCCc2cccs2)CC1. The predicted molar refractivity (Wildman–Crippen MR) is 66.9 cm³/mol. The van der Waals surface area contributed by atoms with Crippen LogP contribution in [0, 0.1) is 0 Å². The summed E-state index contributed by atoms with van der Waals surface area (Å²) in [6.07, 6.45) is 3.28. The van der Waals surface area contributed by atoms with Gasteiger partial charge in [0.2, 0.25) is 0 Å². The highest BCUT2D eigenvalue weighted by Gasteiger charge is 2.16. The van der Waals surface area contributed by atoms with Gasteiger partial charge in [0.15, 0.2) is 0 Å². The Hall–Kier alpha value is -0.190. The van der Waals surface area contributed by atoms with Gasteiger partial charge in [-0.25, -0.2) is 0 Å². The molecule has 2 nitrogen and oxygen atoms in total. The van der Waals surface area contributed by atoms with Gasteiger partial charge in [0, 0.05) is 39.8 Å². The van der Waals surface area contributed by atoms with Crippen molar-refractivity contribution in [1.29, 1.82) is 0 Å². The van der Waals surface area contributed by atoms with Crippen molar-refractivity contribution in [1.82, 2.24) is 5.32 Å². The van der Waals surface area contributed by atoms with Crippen LogP contribution in [0.3, 0.4) is 0 Å². The molecule has 1 N–H and O–H groups in total. The predicted octanol–water partition coefficient (Wildman–Crippen LogP) is 1.79. The second kappa shape index (κ2) is 5.77. The highest BCUT2D eigenvalue weighted by molar-refractivity contribution is 7.85. The fourth-order valence-corrected chi connectivity index (χ4v) is 3.86. The Bertz CT molecular complexity index is 300. The maximum absolute atomic E-state index is 11.2. The van der Waals surface area contributed by atoms with Crippen LogP contribution in [0.4, 0.5) is 0 Å². The smallest absolute Gasteiger partial charge is 0.0249 e. The van der Waals surface area contributed by atoms with Crippen LogP contribution in [-0.2, 0) is 17.2 Å². The first-order valence-electron chi connectivity index (χ1n) is 5.45. The lowest BCUT2D eigenvalue weighted by molar-refractivity contribution is 0.480. The van der Waals surface area contributed by atoms with E-state index in [0.717, 1.165) is 37.3 Å². The third-order valence-electron chi connectivity index (χ3n) is 2.77. The van der Waals surface area contributed by atoms with Gasteiger partial charge >= 0.3 is 0 Å². The van der Waals surface area contributed by atoms with Crippen molar-refractivity contribution in [3.8, 4) is 0 Å². The summed E-state index contributed by atoms with van der Waals surface area (Å²) >= 11 is 1.82. The topological polar surface area (TPSA) is 29.1 Å². The standard InChI is InChI=1S/C11H17NOS2/c13-15-8-4-10(5-9-15)12-6-3-11-2-1-7-14-11/h1-2,7,10,12H,3-6,8-9H2. The molecule has 1 aromatic rings. The maximum Gasteiger partial charge on any atom is 0.0249 e. The molecule has 0 radical (unpaired) electrons. The van der Waals surface area contributed by atoms with Crippen molar-refractivity contribution in [2.45, 2.75) is 25.3 Å². The highest BCUT2D eigenvalue weighted by atomic mass is 32.2. The molecule has 1 aliphatic heterocycles. The van der Waals surface area contributed by atoms with E-state index in [9.17, 15) is 4.21 Å². The lowest BCUT2D eigenvalue weighted by atomic mass is 10.1. The molecule has 1 fully saturated rings. The normalized spacial score (nSPS) is 26.7. The maximum atomic E-state index is 11.2. The first-order valence-corrected chi connectivity index (χ1v) is 7.82. The van der Waals surface area contributed by atoms with Crippen molar-refractivity contribution in [2.75, 3.05) is 18.1 Å². The Morgan fingerprint density at radius 3 is 2.93 bits per heavy atom. The molecule has 2 rings (SSSR count). The third-order valence-corrected chi connectivity index (χ3v) is 5.09. The molecule has 0 aromatic carbocycles. The lowest BCUT2D eigenvalue weighted by Gasteiger charge is -2.22. The van der Waals surface area contributed by atoms with Gasteiger partial charge < -0.3 is 5.32 Å². The quantitative estimate of drug-likeness (QED) is 0.873. The number of thiophene rings is 1. The third kappa shape index (κ3) is 3.70. The van der Waals surface area contributed by atoms with Gasteiger partial charge in [-0.1, -0.05) is 6.07 Å². The zero-order chi connectivity index (χ0) is 10.5. The molecule has 1 aromatic heterocycles. The molecule has 2 heterocycles. The molecule has 0 unspecified atom stereocenters. The van der Waals surface area contributed by atoms with Crippen molar-refractivity contribution in [3.05, 3.63) is 22.4 Å². The monoisotopic (exact) mass is 243 g/mol. The average Bonchev–Trinajstić information content (AvgIpc) is 2.74. The Morgan fingerprint density at radius 2 is 2.27 bits per heavy atom. The van der Waals surface area contributed by atoms with Crippen molar-refractivity contribution >= 4 is 22.1 Å². The summed E-state index contributed by atoms with van der Waals surface area (Å²) in [5.74, 6) is 1.77. The summed E-state index contributed by atoms with van der Waals surface area (Å²) in [7, 11) is -0.534. The fraction of sp³-hybridized carbons (Fsp3) is 0.636. The minimum Gasteiger partial charge on any atom is -0.314 e. The summed E-state index contributed by atoms with van der Waals surface area (Å²) in [4.78, 5) is 1.45. The van der Waals surface area contributed by atoms with E-state index in [1.807, 2.05) is 11.3 Å². The summed E-state index contributed by atoms with van der Waals surface area (Å²) in [6.45, 7) is 1.05. The number of hydrogen-bond donors (Lipinski definition) is 1. The first kappa shape index (κ1) is 11.3. The Labute approximate surface area is 97.5 Å². The summed E-state index contributed by atoms with van der Waals surface area (Å²) in [6, 6.07) is 4.88. The number of hydrogen-bond acceptors (Lipinski definition) is 3. The van der Waals surface area contributed by atoms with Crippen molar-refractivity contribution in [2.24, 2.45) is 0 Å². The first-order chi connectivity index (χ1) is 7.34. The van der Waals surface area contributed by atoms with Crippen LogP contribution in [0.5, 0.6) is 0 Å². The van der Waals surface area contributed by atoms with Crippen LogP contribution in [-0.4, -0.2) is 28.3 Å². The van der Waals surface area contributed by atoms with Crippen LogP contribution in [0.2, 0.25) is 0 Å². The summed E-state index contributed by atoms with van der Waals surface area (Å²) in [5, 5.41) is 5.68. The molecule has 4 heteroatoms. The molecular formula is C11H17NOS2. The second-order valence-corrected chi connectivity index (χ2v) is 6.63. The number of nitrogens with one attached hydrogen (secondary N) is 1. The Balaban J connectivity index is 1.64.